The second kappa shape index (κ2) is 3.80. The third-order valence-electron chi connectivity index (χ3n) is 2.35. The summed E-state index contributed by atoms with van der Waals surface area (Å²) < 4.78 is 0. The van der Waals surface area contributed by atoms with E-state index in [9.17, 15) is 0 Å². The van der Waals surface area contributed by atoms with Crippen molar-refractivity contribution in [3.05, 3.63) is 0 Å². The zero-order chi connectivity index (χ0) is 11.0. The molecule has 0 spiro atoms. The lowest BCUT2D eigenvalue weighted by Gasteiger charge is -2.43. The second-order valence-electron chi connectivity index (χ2n) is 6.13. The lowest BCUT2D eigenvalue weighted by atomic mass is 9.84. The molecule has 0 aromatic carbocycles. The molecule has 1 aliphatic carbocycles. The van der Waals surface area contributed by atoms with Crippen LogP contribution >= 0.6 is 0 Å². The predicted molar refractivity (Wildman–Crippen MR) is 61.1 cm³/mol. The Labute approximate surface area is 87.8 Å². The lowest BCUT2D eigenvalue weighted by Crippen LogP contribution is -2.61. The highest BCUT2D eigenvalue weighted by atomic mass is 15.1. The van der Waals surface area contributed by atoms with Crippen LogP contribution in [-0.4, -0.2) is 23.3 Å². The van der Waals surface area contributed by atoms with Crippen LogP contribution in [-0.2, 0) is 0 Å². The maximum Gasteiger partial charge on any atom is 0.0605 e. The molecule has 4 N–H and O–H groups in total. The zero-order valence-corrected chi connectivity index (χ0v) is 10.1. The largest absolute Gasteiger partial charge is 0.314 e. The van der Waals surface area contributed by atoms with Crippen molar-refractivity contribution in [2.45, 2.75) is 70.7 Å². The minimum atomic E-state index is -0.239. The Morgan fingerprint density at radius 1 is 0.929 bits per heavy atom. The molecule has 1 aliphatic rings. The van der Waals surface area contributed by atoms with Gasteiger partial charge in [0.1, 0.15) is 0 Å². The maximum absolute atomic E-state index is 5.89. The molecule has 0 atom stereocenters. The Balaban J connectivity index is 2.18. The highest BCUT2D eigenvalue weighted by Crippen LogP contribution is 2.23. The van der Waals surface area contributed by atoms with Crippen molar-refractivity contribution in [1.29, 1.82) is 0 Å². The van der Waals surface area contributed by atoms with Gasteiger partial charge in [0.2, 0.25) is 0 Å². The van der Waals surface area contributed by atoms with Crippen LogP contribution in [0, 0.1) is 0 Å². The van der Waals surface area contributed by atoms with Crippen LogP contribution in [0.2, 0.25) is 0 Å². The Hall–Kier alpha value is -0.120. The third-order valence-corrected chi connectivity index (χ3v) is 2.35. The zero-order valence-electron chi connectivity index (χ0n) is 10.1. The van der Waals surface area contributed by atoms with Gasteiger partial charge in [0, 0.05) is 17.6 Å². The van der Waals surface area contributed by atoms with Crippen LogP contribution in [0.1, 0.15) is 47.5 Å². The molecule has 1 fully saturated rings. The third kappa shape index (κ3) is 4.40. The van der Waals surface area contributed by atoms with Gasteiger partial charge in [-0.1, -0.05) is 0 Å². The summed E-state index contributed by atoms with van der Waals surface area (Å²) in [7, 11) is 0. The first-order valence-corrected chi connectivity index (χ1v) is 5.50. The van der Waals surface area contributed by atoms with Crippen LogP contribution in [0.5, 0.6) is 0 Å². The van der Waals surface area contributed by atoms with E-state index in [1.165, 1.54) is 12.8 Å². The minimum Gasteiger partial charge on any atom is -0.314 e. The van der Waals surface area contributed by atoms with Crippen LogP contribution in [0.15, 0.2) is 0 Å². The molecule has 0 aromatic heterocycles. The van der Waals surface area contributed by atoms with Crippen molar-refractivity contribution in [3.63, 3.8) is 0 Å². The summed E-state index contributed by atoms with van der Waals surface area (Å²) in [5.41, 5.74) is 5.88. The molecule has 84 valence electrons. The number of hydrogen-bond donors (Lipinski definition) is 3. The summed E-state index contributed by atoms with van der Waals surface area (Å²) in [4.78, 5) is 0. The molecule has 1 saturated carbocycles. The van der Waals surface area contributed by atoms with E-state index in [-0.39, 0.29) is 11.2 Å². The molecule has 0 aromatic rings. The Bertz CT molecular complexity index is 162. The van der Waals surface area contributed by atoms with Gasteiger partial charge >= 0.3 is 0 Å². The minimum absolute atomic E-state index is 0.230. The van der Waals surface area contributed by atoms with Gasteiger partial charge in [-0.25, -0.2) is 0 Å². The van der Waals surface area contributed by atoms with E-state index in [1.807, 2.05) is 13.8 Å². The topological polar surface area (TPSA) is 50.1 Å². The summed E-state index contributed by atoms with van der Waals surface area (Å²) in [5.74, 6) is 0. The van der Waals surface area contributed by atoms with E-state index >= 15 is 0 Å². The monoisotopic (exact) mass is 199 g/mol. The molecule has 0 amide bonds. The number of nitrogens with two attached hydrogens (primary N) is 1. The maximum atomic E-state index is 5.89. The van der Waals surface area contributed by atoms with E-state index < -0.39 is 0 Å². The van der Waals surface area contributed by atoms with Crippen molar-refractivity contribution in [3.8, 4) is 0 Å². The van der Waals surface area contributed by atoms with Crippen LogP contribution in [0.3, 0.4) is 0 Å². The van der Waals surface area contributed by atoms with Gasteiger partial charge in [0.15, 0.2) is 0 Å². The Kier molecular flexibility index (Phi) is 3.24. The van der Waals surface area contributed by atoms with Gasteiger partial charge in [-0.05, 0) is 47.5 Å². The van der Waals surface area contributed by atoms with E-state index in [1.54, 1.807) is 0 Å². The first-order chi connectivity index (χ1) is 6.16. The molecule has 0 radical (unpaired) electrons. The van der Waals surface area contributed by atoms with Gasteiger partial charge < -0.3 is 11.1 Å². The molecule has 0 heterocycles. The molecule has 14 heavy (non-hydrogen) atoms. The number of nitrogens with one attached hydrogen (secondary N) is 2. The molecule has 1 rings (SSSR count). The van der Waals surface area contributed by atoms with E-state index in [2.05, 4.69) is 31.4 Å². The molecule has 3 nitrogen and oxygen atoms in total. The summed E-state index contributed by atoms with van der Waals surface area (Å²) in [6, 6.07) is 1.25. The van der Waals surface area contributed by atoms with E-state index in [0.29, 0.717) is 12.1 Å². The molecular weight excluding hydrogens is 174 g/mol. The summed E-state index contributed by atoms with van der Waals surface area (Å²) in [6.07, 6.45) is 2.38. The summed E-state index contributed by atoms with van der Waals surface area (Å²) >= 11 is 0. The van der Waals surface area contributed by atoms with Gasteiger partial charge in [-0.15, -0.1) is 0 Å². The molecule has 0 unspecified atom stereocenters. The highest BCUT2D eigenvalue weighted by Gasteiger charge is 2.33. The standard InChI is InChI=1S/C11H25N3/c1-10(2,3)13-8-6-9(7-8)14-11(4,5)12/h8-9,13-14H,6-7,12H2,1-5H3. The Morgan fingerprint density at radius 2 is 1.36 bits per heavy atom. The van der Waals surface area contributed by atoms with Crippen LogP contribution in [0.4, 0.5) is 0 Å². The summed E-state index contributed by atoms with van der Waals surface area (Å²) in [6.45, 7) is 10.6. The fraction of sp³-hybridized carbons (Fsp3) is 1.00. The van der Waals surface area contributed by atoms with Crippen LogP contribution in [0.25, 0.3) is 0 Å². The highest BCUT2D eigenvalue weighted by molar-refractivity contribution is 4.95. The van der Waals surface area contributed by atoms with Gasteiger partial charge in [0.25, 0.3) is 0 Å². The molecule has 3 heteroatoms. The normalized spacial score (nSPS) is 28.7. The van der Waals surface area contributed by atoms with Crippen molar-refractivity contribution in [2.75, 3.05) is 0 Å². The summed E-state index contributed by atoms with van der Waals surface area (Å²) in [5, 5.41) is 7.00. The SMILES string of the molecule is CC(C)(C)NC1CC(NC(C)(C)N)C1. The predicted octanol–water partition coefficient (Wildman–Crippen LogP) is 1.19. The molecule has 0 bridgehead atoms. The molecule has 0 aliphatic heterocycles. The van der Waals surface area contributed by atoms with Crippen molar-refractivity contribution < 1.29 is 0 Å². The van der Waals surface area contributed by atoms with Gasteiger partial charge in [-0.3, -0.25) is 5.32 Å². The molecular formula is C11H25N3. The second-order valence-corrected chi connectivity index (χ2v) is 6.13. The van der Waals surface area contributed by atoms with Gasteiger partial charge in [0.05, 0.1) is 5.66 Å². The Morgan fingerprint density at radius 3 is 1.71 bits per heavy atom. The van der Waals surface area contributed by atoms with Crippen molar-refractivity contribution in [1.82, 2.24) is 10.6 Å². The first kappa shape index (κ1) is 12.0. The number of rotatable bonds is 3. The smallest absolute Gasteiger partial charge is 0.0605 e. The number of hydrogen-bond acceptors (Lipinski definition) is 3. The molecule has 0 saturated heterocycles. The van der Waals surface area contributed by atoms with Crippen LogP contribution < -0.4 is 16.4 Å². The average Bonchev–Trinajstić information content (AvgIpc) is 1.75. The fourth-order valence-corrected chi connectivity index (χ4v) is 1.99. The first-order valence-electron chi connectivity index (χ1n) is 5.50. The van der Waals surface area contributed by atoms with E-state index in [0.717, 1.165) is 0 Å². The lowest BCUT2D eigenvalue weighted by molar-refractivity contribution is 0.177. The van der Waals surface area contributed by atoms with Crippen molar-refractivity contribution in [2.24, 2.45) is 5.73 Å². The average molecular weight is 199 g/mol. The van der Waals surface area contributed by atoms with E-state index in [4.69, 9.17) is 5.73 Å². The quantitative estimate of drug-likeness (QED) is 0.598. The van der Waals surface area contributed by atoms with Gasteiger partial charge in [-0.2, -0.15) is 0 Å². The van der Waals surface area contributed by atoms with Crippen molar-refractivity contribution >= 4 is 0 Å². The fourth-order valence-electron chi connectivity index (χ4n) is 1.99.